The minimum atomic E-state index is 0.103. The smallest absolute Gasteiger partial charge is 0.222 e. The molecule has 0 aliphatic carbocycles. The number of carbonyl (C=O) groups is 1. The van der Waals surface area contributed by atoms with E-state index < -0.39 is 0 Å². The number of halogens is 2. The van der Waals surface area contributed by atoms with Crippen LogP contribution < -0.4 is 0 Å². The monoisotopic (exact) mass is 360 g/mol. The molecule has 1 N–H and O–H groups in total. The fourth-order valence-corrected chi connectivity index (χ4v) is 3.09. The Morgan fingerprint density at radius 1 is 1.12 bits per heavy atom. The van der Waals surface area contributed by atoms with Crippen LogP contribution in [0.25, 0.3) is 10.9 Å². The third kappa shape index (κ3) is 3.74. The van der Waals surface area contributed by atoms with Gasteiger partial charge in [0, 0.05) is 37.1 Å². The summed E-state index contributed by atoms with van der Waals surface area (Å²) in [5, 5.41) is 2.21. The van der Waals surface area contributed by atoms with Crippen molar-refractivity contribution in [3.63, 3.8) is 0 Å². The molecule has 1 aromatic heterocycles. The molecule has 3 aromatic rings. The fraction of sp³-hybridized carbons (Fsp3) is 0.211. The average Bonchev–Trinajstić information content (AvgIpc) is 2.99. The second-order valence-corrected chi connectivity index (χ2v) is 6.67. The molecule has 1 heterocycles. The van der Waals surface area contributed by atoms with Crippen molar-refractivity contribution in [3.05, 3.63) is 69.8 Å². The highest BCUT2D eigenvalue weighted by Crippen LogP contribution is 2.23. The van der Waals surface area contributed by atoms with Crippen LogP contribution in [0.3, 0.4) is 0 Å². The van der Waals surface area contributed by atoms with Gasteiger partial charge in [0.25, 0.3) is 0 Å². The Hall–Kier alpha value is -1.97. The minimum absolute atomic E-state index is 0.103. The van der Waals surface area contributed by atoms with Gasteiger partial charge < -0.3 is 9.88 Å². The van der Waals surface area contributed by atoms with Gasteiger partial charge in [0.1, 0.15) is 0 Å². The predicted molar refractivity (Wildman–Crippen MR) is 99.6 cm³/mol. The van der Waals surface area contributed by atoms with Crippen LogP contribution in [0, 0.1) is 0 Å². The number of aromatic amines is 1. The molecule has 0 bridgehead atoms. The number of benzene rings is 2. The number of nitrogens with zero attached hydrogens (tertiary/aromatic N) is 1. The molecule has 0 atom stereocenters. The van der Waals surface area contributed by atoms with E-state index in [1.807, 2.05) is 30.5 Å². The molecule has 0 radical (unpaired) electrons. The Morgan fingerprint density at radius 3 is 2.71 bits per heavy atom. The fourth-order valence-electron chi connectivity index (χ4n) is 2.77. The second kappa shape index (κ2) is 7.29. The number of para-hydroxylation sites is 1. The van der Waals surface area contributed by atoms with E-state index in [1.165, 1.54) is 10.9 Å². The summed E-state index contributed by atoms with van der Waals surface area (Å²) in [5.74, 6) is 0.103. The lowest BCUT2D eigenvalue weighted by Gasteiger charge is -2.17. The van der Waals surface area contributed by atoms with Crippen LogP contribution in [0.1, 0.15) is 17.5 Å². The standard InChI is InChI=1S/C19H18Cl2N2O/c1-23(12-13-6-8-16(20)17(21)10-13)19(24)9-7-14-11-22-18-5-3-2-4-15(14)18/h2-6,8,10-11,22H,7,9,12H2,1H3. The van der Waals surface area contributed by atoms with Gasteiger partial charge in [0.05, 0.1) is 10.0 Å². The van der Waals surface area contributed by atoms with Gasteiger partial charge in [-0.25, -0.2) is 0 Å². The summed E-state index contributed by atoms with van der Waals surface area (Å²) in [5.41, 5.74) is 3.23. The number of hydrogen-bond donors (Lipinski definition) is 1. The Morgan fingerprint density at radius 2 is 1.92 bits per heavy atom. The molecular formula is C19H18Cl2N2O. The zero-order valence-corrected chi connectivity index (χ0v) is 14.9. The van der Waals surface area contributed by atoms with Crippen molar-refractivity contribution in [2.24, 2.45) is 0 Å². The van der Waals surface area contributed by atoms with Gasteiger partial charge in [-0.1, -0.05) is 47.5 Å². The van der Waals surface area contributed by atoms with E-state index in [-0.39, 0.29) is 5.91 Å². The first-order chi connectivity index (χ1) is 11.5. The Balaban J connectivity index is 1.61. The van der Waals surface area contributed by atoms with Crippen molar-refractivity contribution in [2.45, 2.75) is 19.4 Å². The van der Waals surface area contributed by atoms with Gasteiger partial charge in [0.2, 0.25) is 5.91 Å². The topological polar surface area (TPSA) is 36.1 Å². The van der Waals surface area contributed by atoms with Crippen molar-refractivity contribution in [1.29, 1.82) is 0 Å². The Labute approximate surface area is 151 Å². The maximum atomic E-state index is 12.4. The van der Waals surface area contributed by atoms with Gasteiger partial charge in [-0.2, -0.15) is 0 Å². The summed E-state index contributed by atoms with van der Waals surface area (Å²) in [6.45, 7) is 0.517. The van der Waals surface area contributed by atoms with Crippen LogP contribution in [0.2, 0.25) is 10.0 Å². The first kappa shape index (κ1) is 16.9. The van der Waals surface area contributed by atoms with Crippen molar-refractivity contribution >= 4 is 40.0 Å². The average molecular weight is 361 g/mol. The van der Waals surface area contributed by atoms with E-state index in [0.29, 0.717) is 29.4 Å². The van der Waals surface area contributed by atoms with Crippen molar-refractivity contribution in [2.75, 3.05) is 7.05 Å². The molecule has 3 nitrogen and oxygen atoms in total. The van der Waals surface area contributed by atoms with Crippen molar-refractivity contribution in [3.8, 4) is 0 Å². The van der Waals surface area contributed by atoms with Crippen LogP contribution in [-0.4, -0.2) is 22.8 Å². The van der Waals surface area contributed by atoms with Gasteiger partial charge in [0.15, 0.2) is 0 Å². The van der Waals surface area contributed by atoms with E-state index in [2.05, 4.69) is 11.1 Å². The van der Waals surface area contributed by atoms with E-state index >= 15 is 0 Å². The predicted octanol–water partition coefficient (Wildman–Crippen LogP) is 5.07. The van der Waals surface area contributed by atoms with Crippen LogP contribution in [-0.2, 0) is 17.8 Å². The molecular weight excluding hydrogens is 343 g/mol. The number of H-pyrrole nitrogens is 1. The number of aryl methyl sites for hydroxylation is 1. The minimum Gasteiger partial charge on any atom is -0.361 e. The van der Waals surface area contributed by atoms with Crippen LogP contribution >= 0.6 is 23.2 Å². The summed E-state index contributed by atoms with van der Waals surface area (Å²) in [4.78, 5) is 17.3. The zero-order valence-electron chi connectivity index (χ0n) is 13.4. The molecule has 0 saturated heterocycles. The SMILES string of the molecule is CN(Cc1ccc(Cl)c(Cl)c1)C(=O)CCc1c[nH]c2ccccc12. The molecule has 3 rings (SSSR count). The molecule has 1 amide bonds. The normalized spacial score (nSPS) is 11.0. The van der Waals surface area contributed by atoms with E-state index in [4.69, 9.17) is 23.2 Å². The van der Waals surface area contributed by atoms with Crippen LogP contribution in [0.4, 0.5) is 0 Å². The molecule has 124 valence electrons. The molecule has 0 spiro atoms. The number of nitrogens with one attached hydrogen (secondary N) is 1. The summed E-state index contributed by atoms with van der Waals surface area (Å²) >= 11 is 11.9. The molecule has 0 aliphatic rings. The summed E-state index contributed by atoms with van der Waals surface area (Å²) in [6, 6.07) is 13.6. The Bertz CT molecular complexity index is 873. The second-order valence-electron chi connectivity index (χ2n) is 5.86. The number of rotatable bonds is 5. The van der Waals surface area contributed by atoms with Gasteiger partial charge in [-0.3, -0.25) is 4.79 Å². The van der Waals surface area contributed by atoms with Crippen LogP contribution in [0.15, 0.2) is 48.7 Å². The number of carbonyl (C=O) groups excluding carboxylic acids is 1. The number of amides is 1. The lowest BCUT2D eigenvalue weighted by molar-refractivity contribution is -0.130. The molecule has 0 saturated carbocycles. The lowest BCUT2D eigenvalue weighted by atomic mass is 10.1. The first-order valence-corrected chi connectivity index (χ1v) is 8.53. The molecule has 0 fully saturated rings. The largest absolute Gasteiger partial charge is 0.361 e. The van der Waals surface area contributed by atoms with E-state index in [0.717, 1.165) is 11.1 Å². The summed E-state index contributed by atoms with van der Waals surface area (Å²) in [6.07, 6.45) is 3.17. The van der Waals surface area contributed by atoms with Crippen molar-refractivity contribution in [1.82, 2.24) is 9.88 Å². The maximum Gasteiger partial charge on any atom is 0.222 e. The third-order valence-electron chi connectivity index (χ3n) is 4.11. The van der Waals surface area contributed by atoms with Crippen molar-refractivity contribution < 1.29 is 4.79 Å². The van der Waals surface area contributed by atoms with Gasteiger partial charge >= 0.3 is 0 Å². The van der Waals surface area contributed by atoms with E-state index in [9.17, 15) is 4.79 Å². The van der Waals surface area contributed by atoms with Gasteiger partial charge in [-0.15, -0.1) is 0 Å². The molecule has 2 aromatic carbocycles. The maximum absolute atomic E-state index is 12.4. The summed E-state index contributed by atoms with van der Waals surface area (Å²) < 4.78 is 0. The van der Waals surface area contributed by atoms with Crippen LogP contribution in [0.5, 0.6) is 0 Å². The van der Waals surface area contributed by atoms with E-state index in [1.54, 1.807) is 24.1 Å². The number of fused-ring (bicyclic) bond motifs is 1. The highest BCUT2D eigenvalue weighted by Gasteiger charge is 2.12. The number of aromatic nitrogens is 1. The molecule has 5 heteroatoms. The zero-order chi connectivity index (χ0) is 17.1. The lowest BCUT2D eigenvalue weighted by Crippen LogP contribution is -2.26. The first-order valence-electron chi connectivity index (χ1n) is 7.77. The molecule has 0 unspecified atom stereocenters. The third-order valence-corrected chi connectivity index (χ3v) is 4.85. The van der Waals surface area contributed by atoms with Gasteiger partial charge in [-0.05, 0) is 35.7 Å². The molecule has 24 heavy (non-hydrogen) atoms. The highest BCUT2D eigenvalue weighted by atomic mass is 35.5. The highest BCUT2D eigenvalue weighted by molar-refractivity contribution is 6.42. The summed E-state index contributed by atoms with van der Waals surface area (Å²) in [7, 11) is 1.81. The quantitative estimate of drug-likeness (QED) is 0.677. The Kier molecular flexibility index (Phi) is 5.12. The number of hydrogen-bond acceptors (Lipinski definition) is 1. The molecule has 0 aliphatic heterocycles.